The minimum absolute atomic E-state index is 0. The average molecular weight is 450 g/mol. The van der Waals surface area contributed by atoms with Gasteiger partial charge in [-0.15, -0.1) is 24.8 Å². The first-order valence-electron chi connectivity index (χ1n) is 7.87. The summed E-state index contributed by atoms with van der Waals surface area (Å²) in [6, 6.07) is 14.6. The van der Waals surface area contributed by atoms with Crippen LogP contribution in [0, 0.1) is 6.92 Å². The second-order valence-corrected chi connectivity index (χ2v) is 6.92. The van der Waals surface area contributed by atoms with Gasteiger partial charge in [0.2, 0.25) is 0 Å². The van der Waals surface area contributed by atoms with Gasteiger partial charge in [0.25, 0.3) is 0 Å². The van der Waals surface area contributed by atoms with E-state index in [9.17, 15) is 0 Å². The highest BCUT2D eigenvalue weighted by Gasteiger charge is 2.05. The number of hydrogen-bond acceptors (Lipinski definition) is 3. The summed E-state index contributed by atoms with van der Waals surface area (Å²) >= 11 is 3.54. The molecule has 0 heterocycles. The maximum atomic E-state index is 6.02. The van der Waals surface area contributed by atoms with Crippen LogP contribution < -0.4 is 10.1 Å². The number of nitrogens with zero attached hydrogens (tertiary/aromatic N) is 1. The first-order valence-corrected chi connectivity index (χ1v) is 8.66. The Kier molecular flexibility index (Phi) is 12.2. The van der Waals surface area contributed by atoms with Gasteiger partial charge in [-0.2, -0.15) is 0 Å². The molecular formula is C19H27BrCl2N2O. The molecule has 140 valence electrons. The van der Waals surface area contributed by atoms with Crippen LogP contribution in [0.25, 0.3) is 0 Å². The maximum Gasteiger partial charge on any atom is 0.124 e. The van der Waals surface area contributed by atoms with Crippen LogP contribution in [0.3, 0.4) is 0 Å². The third kappa shape index (κ3) is 8.93. The van der Waals surface area contributed by atoms with Gasteiger partial charge in [0.05, 0.1) is 0 Å². The van der Waals surface area contributed by atoms with Crippen LogP contribution in [-0.4, -0.2) is 32.1 Å². The third-order valence-electron chi connectivity index (χ3n) is 3.59. The summed E-state index contributed by atoms with van der Waals surface area (Å²) in [4.78, 5) is 2.17. The number of rotatable bonds is 8. The molecule has 6 heteroatoms. The van der Waals surface area contributed by atoms with Crippen LogP contribution in [0.15, 0.2) is 46.9 Å². The number of likely N-dealkylation sites (N-methyl/N-ethyl adjacent to an activating group) is 1. The van der Waals surface area contributed by atoms with E-state index >= 15 is 0 Å². The summed E-state index contributed by atoms with van der Waals surface area (Å²) < 4.78 is 7.10. The summed E-state index contributed by atoms with van der Waals surface area (Å²) in [5.41, 5.74) is 3.62. The molecule has 0 radical (unpaired) electrons. The lowest BCUT2D eigenvalue weighted by atomic mass is 10.1. The number of benzene rings is 2. The quantitative estimate of drug-likeness (QED) is 0.584. The van der Waals surface area contributed by atoms with Gasteiger partial charge in [-0.05, 0) is 44.8 Å². The summed E-state index contributed by atoms with van der Waals surface area (Å²) in [5, 5.41) is 3.46. The van der Waals surface area contributed by atoms with E-state index in [-0.39, 0.29) is 24.8 Å². The lowest BCUT2D eigenvalue weighted by Gasteiger charge is -2.14. The van der Waals surface area contributed by atoms with Crippen LogP contribution in [-0.2, 0) is 13.2 Å². The molecular weight excluding hydrogens is 423 g/mol. The van der Waals surface area contributed by atoms with E-state index in [0.29, 0.717) is 6.61 Å². The van der Waals surface area contributed by atoms with Crippen LogP contribution >= 0.6 is 40.7 Å². The van der Waals surface area contributed by atoms with E-state index in [1.54, 1.807) is 0 Å². The molecule has 0 bridgehead atoms. The van der Waals surface area contributed by atoms with Gasteiger partial charge in [0, 0.05) is 29.7 Å². The van der Waals surface area contributed by atoms with E-state index < -0.39 is 0 Å². The van der Waals surface area contributed by atoms with Gasteiger partial charge in [-0.3, -0.25) is 0 Å². The molecule has 0 fully saturated rings. The molecule has 0 unspecified atom stereocenters. The predicted molar refractivity (Wildman–Crippen MR) is 114 cm³/mol. The SMILES string of the molecule is Cc1ccc(COc2ccc(Br)cc2CNCCN(C)C)cc1.Cl.Cl. The standard InChI is InChI=1S/C19H25BrN2O.2ClH/c1-15-4-6-16(7-5-15)14-23-19-9-8-18(20)12-17(19)13-21-10-11-22(2)3;;/h4-9,12,21H,10-11,13-14H2,1-3H3;2*1H. The van der Waals surface area contributed by atoms with Gasteiger partial charge in [0.15, 0.2) is 0 Å². The molecule has 0 aliphatic heterocycles. The van der Waals surface area contributed by atoms with E-state index in [2.05, 4.69) is 77.5 Å². The molecule has 0 aromatic heterocycles. The Morgan fingerprint density at radius 3 is 2.36 bits per heavy atom. The molecule has 25 heavy (non-hydrogen) atoms. The van der Waals surface area contributed by atoms with Crippen LogP contribution in [0.2, 0.25) is 0 Å². The second kappa shape index (κ2) is 12.6. The van der Waals surface area contributed by atoms with Gasteiger partial charge >= 0.3 is 0 Å². The molecule has 2 aromatic rings. The molecule has 0 saturated heterocycles. The Hall–Kier alpha value is -0.780. The number of halogens is 3. The van der Waals surface area contributed by atoms with E-state index in [1.165, 1.54) is 16.7 Å². The fourth-order valence-electron chi connectivity index (χ4n) is 2.20. The zero-order chi connectivity index (χ0) is 16.7. The molecule has 2 rings (SSSR count). The van der Waals surface area contributed by atoms with Gasteiger partial charge in [-0.25, -0.2) is 0 Å². The minimum atomic E-state index is 0. The molecule has 0 atom stereocenters. The van der Waals surface area contributed by atoms with Crippen LogP contribution in [0.5, 0.6) is 5.75 Å². The van der Waals surface area contributed by atoms with Crippen LogP contribution in [0.1, 0.15) is 16.7 Å². The van der Waals surface area contributed by atoms with Crippen molar-refractivity contribution in [3.05, 3.63) is 63.6 Å². The normalized spacial score (nSPS) is 10.1. The van der Waals surface area contributed by atoms with E-state index in [0.717, 1.165) is 29.9 Å². The number of aryl methyl sites for hydroxylation is 1. The molecule has 3 nitrogen and oxygen atoms in total. The van der Waals surface area contributed by atoms with E-state index in [1.807, 2.05) is 12.1 Å². The summed E-state index contributed by atoms with van der Waals surface area (Å²) in [6.07, 6.45) is 0. The second-order valence-electron chi connectivity index (χ2n) is 6.01. The van der Waals surface area contributed by atoms with Crippen molar-refractivity contribution >= 4 is 40.7 Å². The lowest BCUT2D eigenvalue weighted by molar-refractivity contribution is 0.301. The molecule has 0 amide bonds. The highest BCUT2D eigenvalue weighted by atomic mass is 79.9. The Balaban J connectivity index is 0.00000288. The van der Waals surface area contributed by atoms with Crippen molar-refractivity contribution < 1.29 is 4.74 Å². The smallest absolute Gasteiger partial charge is 0.124 e. The highest BCUT2D eigenvalue weighted by Crippen LogP contribution is 2.24. The predicted octanol–water partition coefficient (Wildman–Crippen LogP) is 4.83. The maximum absolute atomic E-state index is 6.02. The van der Waals surface area contributed by atoms with Gasteiger partial charge in [0.1, 0.15) is 12.4 Å². The highest BCUT2D eigenvalue weighted by molar-refractivity contribution is 9.10. The zero-order valence-electron chi connectivity index (χ0n) is 14.9. The zero-order valence-corrected chi connectivity index (χ0v) is 18.1. The average Bonchev–Trinajstić information content (AvgIpc) is 2.52. The Bertz CT molecular complexity index is 621. The van der Waals surface area contributed by atoms with Crippen molar-refractivity contribution in [3.8, 4) is 5.75 Å². The molecule has 0 aliphatic rings. The van der Waals surface area contributed by atoms with Crippen molar-refractivity contribution in [3.63, 3.8) is 0 Å². The van der Waals surface area contributed by atoms with E-state index in [4.69, 9.17) is 4.74 Å². The largest absolute Gasteiger partial charge is 0.489 e. The van der Waals surface area contributed by atoms with Crippen molar-refractivity contribution in [1.29, 1.82) is 0 Å². The summed E-state index contributed by atoms with van der Waals surface area (Å²) in [5.74, 6) is 0.936. The fourth-order valence-corrected chi connectivity index (χ4v) is 2.61. The van der Waals surface area contributed by atoms with Crippen molar-refractivity contribution in [2.45, 2.75) is 20.1 Å². The number of nitrogens with one attached hydrogen (secondary N) is 1. The van der Waals surface area contributed by atoms with Crippen molar-refractivity contribution in [1.82, 2.24) is 10.2 Å². The Morgan fingerprint density at radius 2 is 1.72 bits per heavy atom. The van der Waals surface area contributed by atoms with Gasteiger partial charge in [-0.1, -0.05) is 45.8 Å². The van der Waals surface area contributed by atoms with Gasteiger partial charge < -0.3 is 15.0 Å². The first kappa shape index (κ1) is 24.2. The molecule has 0 aliphatic carbocycles. The number of hydrogen-bond donors (Lipinski definition) is 1. The minimum Gasteiger partial charge on any atom is -0.489 e. The summed E-state index contributed by atoms with van der Waals surface area (Å²) in [7, 11) is 4.16. The van der Waals surface area contributed by atoms with Crippen molar-refractivity contribution in [2.75, 3.05) is 27.2 Å². The molecule has 0 spiro atoms. The van der Waals surface area contributed by atoms with Crippen molar-refractivity contribution in [2.24, 2.45) is 0 Å². The number of ether oxygens (including phenoxy) is 1. The first-order chi connectivity index (χ1) is 11.0. The third-order valence-corrected chi connectivity index (χ3v) is 4.08. The monoisotopic (exact) mass is 448 g/mol. The fraction of sp³-hybridized carbons (Fsp3) is 0.368. The summed E-state index contributed by atoms with van der Waals surface area (Å²) in [6.45, 7) is 5.46. The molecule has 0 saturated carbocycles. The van der Waals surface area contributed by atoms with Crippen LogP contribution in [0.4, 0.5) is 0 Å². The Morgan fingerprint density at radius 1 is 1.04 bits per heavy atom. The molecule has 1 N–H and O–H groups in total. The topological polar surface area (TPSA) is 24.5 Å². The Labute approximate surface area is 172 Å². The lowest BCUT2D eigenvalue weighted by Crippen LogP contribution is -2.26. The molecule has 2 aromatic carbocycles.